The standard InChI is InChI=1S/C18H21N3O/c1-10-7-11(2)17(12(3)8-10)21-14(5)13(4)16(9-19)18(21)20-15(6)22/h7-8H,1-6H3,(H,20,22). The molecule has 2 aromatic rings. The van der Waals surface area contributed by atoms with Crippen molar-refractivity contribution in [2.75, 3.05) is 5.32 Å². The van der Waals surface area contributed by atoms with Crippen molar-refractivity contribution in [3.63, 3.8) is 0 Å². The average molecular weight is 295 g/mol. The Labute approximate surface area is 131 Å². The van der Waals surface area contributed by atoms with Crippen LogP contribution < -0.4 is 5.32 Å². The van der Waals surface area contributed by atoms with Gasteiger partial charge in [0.15, 0.2) is 0 Å². The van der Waals surface area contributed by atoms with Gasteiger partial charge < -0.3 is 5.32 Å². The van der Waals surface area contributed by atoms with Crippen LogP contribution in [-0.4, -0.2) is 10.5 Å². The van der Waals surface area contributed by atoms with Gasteiger partial charge in [0, 0.05) is 12.6 Å². The lowest BCUT2D eigenvalue weighted by atomic mass is 10.0. The molecule has 0 radical (unpaired) electrons. The number of carbonyl (C=O) groups is 1. The monoisotopic (exact) mass is 295 g/mol. The quantitative estimate of drug-likeness (QED) is 0.915. The van der Waals surface area contributed by atoms with E-state index in [9.17, 15) is 10.1 Å². The number of nitrogens with zero attached hydrogens (tertiary/aromatic N) is 2. The topological polar surface area (TPSA) is 57.8 Å². The van der Waals surface area contributed by atoms with Crippen LogP contribution in [0.25, 0.3) is 5.69 Å². The Morgan fingerprint density at radius 1 is 1.14 bits per heavy atom. The zero-order valence-electron chi connectivity index (χ0n) is 14.0. The van der Waals surface area contributed by atoms with Gasteiger partial charge in [-0.2, -0.15) is 5.26 Å². The number of nitrogens with one attached hydrogen (secondary N) is 1. The number of aromatic nitrogens is 1. The van der Waals surface area contributed by atoms with Crippen LogP contribution in [0.2, 0.25) is 0 Å². The summed E-state index contributed by atoms with van der Waals surface area (Å²) >= 11 is 0. The summed E-state index contributed by atoms with van der Waals surface area (Å²) in [5, 5.41) is 12.3. The van der Waals surface area contributed by atoms with Gasteiger partial charge in [-0.3, -0.25) is 9.36 Å². The largest absolute Gasteiger partial charge is 0.311 e. The van der Waals surface area contributed by atoms with Gasteiger partial charge in [-0.15, -0.1) is 0 Å². The van der Waals surface area contributed by atoms with Crippen LogP contribution in [0.3, 0.4) is 0 Å². The highest BCUT2D eigenvalue weighted by Crippen LogP contribution is 2.33. The lowest BCUT2D eigenvalue weighted by molar-refractivity contribution is -0.114. The van der Waals surface area contributed by atoms with E-state index in [4.69, 9.17) is 0 Å². The molecule has 114 valence electrons. The van der Waals surface area contributed by atoms with Crippen LogP contribution in [0.5, 0.6) is 0 Å². The Morgan fingerprint density at radius 3 is 2.14 bits per heavy atom. The van der Waals surface area contributed by atoms with Crippen LogP contribution in [0.4, 0.5) is 5.82 Å². The molecule has 0 atom stereocenters. The molecule has 2 rings (SSSR count). The lowest BCUT2D eigenvalue weighted by Crippen LogP contribution is -2.13. The summed E-state index contributed by atoms with van der Waals surface area (Å²) in [6, 6.07) is 6.44. The molecule has 0 aliphatic carbocycles. The molecule has 1 aromatic heterocycles. The number of hydrogen-bond acceptors (Lipinski definition) is 2. The number of rotatable bonds is 2. The van der Waals surface area contributed by atoms with Crippen molar-refractivity contribution in [2.45, 2.75) is 41.5 Å². The van der Waals surface area contributed by atoms with Crippen molar-refractivity contribution in [1.29, 1.82) is 5.26 Å². The third-order valence-electron chi connectivity index (χ3n) is 3.98. The number of aryl methyl sites for hydroxylation is 3. The van der Waals surface area contributed by atoms with Gasteiger partial charge in [0.2, 0.25) is 5.91 Å². The molecule has 1 heterocycles. The summed E-state index contributed by atoms with van der Waals surface area (Å²) in [7, 11) is 0. The van der Waals surface area contributed by atoms with Crippen molar-refractivity contribution in [3.05, 3.63) is 45.6 Å². The van der Waals surface area contributed by atoms with E-state index in [1.54, 1.807) is 0 Å². The second-order valence-corrected chi connectivity index (χ2v) is 5.81. The van der Waals surface area contributed by atoms with Crippen molar-refractivity contribution >= 4 is 11.7 Å². The Morgan fingerprint density at radius 2 is 1.68 bits per heavy atom. The molecule has 1 N–H and O–H groups in total. The fourth-order valence-corrected chi connectivity index (χ4v) is 3.03. The molecule has 0 aliphatic rings. The smallest absolute Gasteiger partial charge is 0.222 e. The van der Waals surface area contributed by atoms with Crippen LogP contribution >= 0.6 is 0 Å². The van der Waals surface area contributed by atoms with Crippen LogP contribution in [0.15, 0.2) is 12.1 Å². The molecule has 0 bridgehead atoms. The zero-order valence-corrected chi connectivity index (χ0v) is 14.0. The summed E-state index contributed by atoms with van der Waals surface area (Å²) in [5.74, 6) is 0.373. The van der Waals surface area contributed by atoms with Crippen LogP contribution in [0, 0.1) is 45.9 Å². The van der Waals surface area contributed by atoms with E-state index in [0.29, 0.717) is 11.4 Å². The van der Waals surface area contributed by atoms with Crippen LogP contribution in [-0.2, 0) is 4.79 Å². The summed E-state index contributed by atoms with van der Waals surface area (Å²) in [4.78, 5) is 11.6. The highest BCUT2D eigenvalue weighted by atomic mass is 16.1. The first-order valence-corrected chi connectivity index (χ1v) is 7.25. The Bertz CT molecular complexity index is 784. The zero-order chi connectivity index (χ0) is 16.6. The Hall–Kier alpha value is -2.54. The van der Waals surface area contributed by atoms with Crippen molar-refractivity contribution < 1.29 is 4.79 Å². The minimum Gasteiger partial charge on any atom is -0.311 e. The molecule has 0 saturated carbocycles. The van der Waals surface area contributed by atoms with Crippen molar-refractivity contribution in [2.24, 2.45) is 0 Å². The number of carbonyl (C=O) groups excluding carboxylic acids is 1. The minimum absolute atomic E-state index is 0.183. The molecule has 4 nitrogen and oxygen atoms in total. The number of hydrogen-bond donors (Lipinski definition) is 1. The van der Waals surface area contributed by atoms with Crippen molar-refractivity contribution in [1.82, 2.24) is 4.57 Å². The first kappa shape index (κ1) is 15.8. The average Bonchev–Trinajstić information content (AvgIpc) is 2.61. The van der Waals surface area contributed by atoms with Gasteiger partial charge in [-0.1, -0.05) is 17.7 Å². The fourth-order valence-electron chi connectivity index (χ4n) is 3.03. The van der Waals surface area contributed by atoms with E-state index >= 15 is 0 Å². The number of benzene rings is 1. The van der Waals surface area contributed by atoms with E-state index in [1.165, 1.54) is 12.5 Å². The predicted molar refractivity (Wildman–Crippen MR) is 88.5 cm³/mol. The second-order valence-electron chi connectivity index (χ2n) is 5.81. The predicted octanol–water partition coefficient (Wildman–Crippen LogP) is 3.85. The molecule has 0 unspecified atom stereocenters. The summed E-state index contributed by atoms with van der Waals surface area (Å²) in [6.07, 6.45) is 0. The van der Waals surface area contributed by atoms with Gasteiger partial charge in [-0.05, 0) is 51.3 Å². The Balaban J connectivity index is 2.87. The molecule has 0 fully saturated rings. The van der Waals surface area contributed by atoms with Gasteiger partial charge in [0.25, 0.3) is 0 Å². The molecule has 4 heteroatoms. The fraction of sp³-hybridized carbons (Fsp3) is 0.333. The summed E-state index contributed by atoms with van der Waals surface area (Å²) in [6.45, 7) is 11.5. The molecule has 0 saturated heterocycles. The van der Waals surface area contributed by atoms with Gasteiger partial charge >= 0.3 is 0 Å². The molecule has 1 aromatic carbocycles. The minimum atomic E-state index is -0.183. The maximum absolute atomic E-state index is 11.6. The number of amides is 1. The van der Waals surface area contributed by atoms with E-state index < -0.39 is 0 Å². The number of anilines is 1. The maximum atomic E-state index is 11.6. The highest BCUT2D eigenvalue weighted by Gasteiger charge is 2.21. The maximum Gasteiger partial charge on any atom is 0.222 e. The highest BCUT2D eigenvalue weighted by molar-refractivity contribution is 5.90. The van der Waals surface area contributed by atoms with E-state index in [1.807, 2.05) is 32.3 Å². The SMILES string of the molecule is CC(=O)Nc1c(C#N)c(C)c(C)n1-c1c(C)cc(C)cc1C. The molecule has 0 spiro atoms. The molecule has 22 heavy (non-hydrogen) atoms. The molecule has 0 aliphatic heterocycles. The third-order valence-corrected chi connectivity index (χ3v) is 3.98. The van der Waals surface area contributed by atoms with Gasteiger partial charge in [0.05, 0.1) is 11.3 Å². The van der Waals surface area contributed by atoms with E-state index in [0.717, 1.165) is 28.1 Å². The van der Waals surface area contributed by atoms with Gasteiger partial charge in [0.1, 0.15) is 11.9 Å². The molecular weight excluding hydrogens is 274 g/mol. The molecule has 1 amide bonds. The molecular formula is C18H21N3O. The van der Waals surface area contributed by atoms with E-state index in [-0.39, 0.29) is 5.91 Å². The summed E-state index contributed by atoms with van der Waals surface area (Å²) in [5.41, 5.74) is 6.84. The second kappa shape index (κ2) is 5.69. The number of nitriles is 1. The third kappa shape index (κ3) is 2.50. The normalized spacial score (nSPS) is 10.4. The van der Waals surface area contributed by atoms with Crippen molar-refractivity contribution in [3.8, 4) is 11.8 Å². The summed E-state index contributed by atoms with van der Waals surface area (Å²) < 4.78 is 1.99. The first-order chi connectivity index (χ1) is 10.3. The Kier molecular flexibility index (Phi) is 4.09. The lowest BCUT2D eigenvalue weighted by Gasteiger charge is -2.18. The van der Waals surface area contributed by atoms with Crippen LogP contribution in [0.1, 0.15) is 40.4 Å². The van der Waals surface area contributed by atoms with E-state index in [2.05, 4.69) is 30.4 Å². The first-order valence-electron chi connectivity index (χ1n) is 7.25. The van der Waals surface area contributed by atoms with Gasteiger partial charge in [-0.25, -0.2) is 0 Å².